The van der Waals surface area contributed by atoms with E-state index >= 15 is 0 Å². The SMILES string of the molecule is CC1(C)CCCNC1C(=O)NCc1ccc(Cl)s1. The molecule has 2 rings (SSSR count). The molecule has 1 aromatic rings. The normalized spacial score (nSPS) is 22.7. The monoisotopic (exact) mass is 286 g/mol. The number of hydrogen-bond acceptors (Lipinski definition) is 3. The van der Waals surface area contributed by atoms with Crippen LogP contribution in [0.2, 0.25) is 4.34 Å². The molecule has 0 saturated carbocycles. The van der Waals surface area contributed by atoms with E-state index in [-0.39, 0.29) is 17.4 Å². The summed E-state index contributed by atoms with van der Waals surface area (Å²) in [5.74, 6) is 0.0872. The van der Waals surface area contributed by atoms with Gasteiger partial charge in [-0.15, -0.1) is 11.3 Å². The minimum Gasteiger partial charge on any atom is -0.350 e. The molecule has 5 heteroatoms. The van der Waals surface area contributed by atoms with Crippen LogP contribution in [0.1, 0.15) is 31.6 Å². The highest BCUT2D eigenvalue weighted by Gasteiger charge is 2.36. The Kier molecular flexibility index (Phi) is 4.30. The molecule has 2 heterocycles. The van der Waals surface area contributed by atoms with Crippen molar-refractivity contribution >= 4 is 28.8 Å². The first-order chi connectivity index (χ1) is 8.49. The van der Waals surface area contributed by atoms with Crippen LogP contribution >= 0.6 is 22.9 Å². The molecule has 3 nitrogen and oxygen atoms in total. The van der Waals surface area contributed by atoms with Gasteiger partial charge in [0.25, 0.3) is 0 Å². The summed E-state index contributed by atoms with van der Waals surface area (Å²) in [6.07, 6.45) is 2.22. The van der Waals surface area contributed by atoms with Crippen molar-refractivity contribution in [2.75, 3.05) is 6.54 Å². The lowest BCUT2D eigenvalue weighted by atomic mass is 9.77. The first-order valence-electron chi connectivity index (χ1n) is 6.24. The Morgan fingerprint density at radius 2 is 2.39 bits per heavy atom. The van der Waals surface area contributed by atoms with Crippen LogP contribution in [-0.4, -0.2) is 18.5 Å². The fourth-order valence-corrected chi connectivity index (χ4v) is 3.41. The van der Waals surface area contributed by atoms with E-state index in [1.165, 1.54) is 11.3 Å². The number of carbonyl (C=O) groups is 1. The Balaban J connectivity index is 1.91. The van der Waals surface area contributed by atoms with Gasteiger partial charge >= 0.3 is 0 Å². The van der Waals surface area contributed by atoms with E-state index in [1.54, 1.807) is 0 Å². The summed E-state index contributed by atoms with van der Waals surface area (Å²) in [7, 11) is 0. The molecule has 1 fully saturated rings. The second kappa shape index (κ2) is 5.59. The van der Waals surface area contributed by atoms with Gasteiger partial charge in [-0.05, 0) is 36.9 Å². The van der Waals surface area contributed by atoms with Gasteiger partial charge < -0.3 is 10.6 Å². The Bertz CT molecular complexity index is 430. The fourth-order valence-electron chi connectivity index (χ4n) is 2.38. The highest BCUT2D eigenvalue weighted by Crippen LogP contribution is 2.30. The standard InChI is InChI=1S/C13H19ClN2OS/c1-13(2)6-3-7-15-11(13)12(17)16-8-9-4-5-10(14)18-9/h4-5,11,15H,3,6-8H2,1-2H3,(H,16,17). The lowest BCUT2D eigenvalue weighted by molar-refractivity contribution is -0.126. The minimum absolute atomic E-state index is 0.0232. The Morgan fingerprint density at radius 3 is 3.00 bits per heavy atom. The summed E-state index contributed by atoms with van der Waals surface area (Å²) in [6.45, 7) is 5.77. The van der Waals surface area contributed by atoms with Gasteiger partial charge in [-0.2, -0.15) is 0 Å². The van der Waals surface area contributed by atoms with E-state index in [0.717, 1.165) is 28.6 Å². The lowest BCUT2D eigenvalue weighted by Gasteiger charge is -2.38. The zero-order valence-corrected chi connectivity index (χ0v) is 12.3. The van der Waals surface area contributed by atoms with Crippen molar-refractivity contribution < 1.29 is 4.79 Å². The first-order valence-corrected chi connectivity index (χ1v) is 7.44. The summed E-state index contributed by atoms with van der Waals surface area (Å²) >= 11 is 7.37. The quantitative estimate of drug-likeness (QED) is 0.897. The largest absolute Gasteiger partial charge is 0.350 e. The van der Waals surface area contributed by atoms with Crippen LogP contribution in [0, 0.1) is 5.41 Å². The van der Waals surface area contributed by atoms with Gasteiger partial charge in [-0.3, -0.25) is 4.79 Å². The predicted molar refractivity (Wildman–Crippen MR) is 76.0 cm³/mol. The van der Waals surface area contributed by atoms with Crippen molar-refractivity contribution in [2.24, 2.45) is 5.41 Å². The highest BCUT2D eigenvalue weighted by molar-refractivity contribution is 7.16. The third kappa shape index (κ3) is 3.25. The molecule has 1 atom stereocenters. The van der Waals surface area contributed by atoms with E-state index < -0.39 is 0 Å². The molecule has 0 aromatic carbocycles. The number of hydrogen-bond donors (Lipinski definition) is 2. The van der Waals surface area contributed by atoms with Gasteiger partial charge in [0.15, 0.2) is 0 Å². The molecule has 0 aliphatic carbocycles. The van der Waals surface area contributed by atoms with Crippen molar-refractivity contribution in [1.29, 1.82) is 0 Å². The third-order valence-electron chi connectivity index (χ3n) is 3.46. The Morgan fingerprint density at radius 1 is 1.61 bits per heavy atom. The van der Waals surface area contributed by atoms with Crippen LogP contribution in [-0.2, 0) is 11.3 Å². The second-order valence-corrected chi connectivity index (χ2v) is 7.20. The van der Waals surface area contributed by atoms with E-state index in [1.807, 2.05) is 12.1 Å². The molecule has 1 aromatic heterocycles. The molecular weight excluding hydrogens is 268 g/mol. The maximum atomic E-state index is 12.2. The van der Waals surface area contributed by atoms with E-state index in [9.17, 15) is 4.79 Å². The summed E-state index contributed by atoms with van der Waals surface area (Å²) in [6, 6.07) is 3.71. The van der Waals surface area contributed by atoms with Crippen LogP contribution in [0.5, 0.6) is 0 Å². The molecule has 0 bridgehead atoms. The van der Waals surface area contributed by atoms with Gasteiger partial charge in [-0.25, -0.2) is 0 Å². The summed E-state index contributed by atoms with van der Waals surface area (Å²) < 4.78 is 0.760. The molecule has 18 heavy (non-hydrogen) atoms. The Hall–Kier alpha value is -0.580. The number of nitrogens with one attached hydrogen (secondary N) is 2. The first kappa shape index (κ1) is 13.8. The average molecular weight is 287 g/mol. The van der Waals surface area contributed by atoms with Crippen molar-refractivity contribution in [3.05, 3.63) is 21.3 Å². The molecule has 2 N–H and O–H groups in total. The van der Waals surface area contributed by atoms with E-state index in [0.29, 0.717) is 6.54 Å². The average Bonchev–Trinajstić information content (AvgIpc) is 2.71. The molecule has 1 aliphatic rings. The predicted octanol–water partition coefficient (Wildman–Crippen LogP) is 2.80. The van der Waals surface area contributed by atoms with Gasteiger partial charge in [-0.1, -0.05) is 25.4 Å². The lowest BCUT2D eigenvalue weighted by Crippen LogP contribution is -2.55. The minimum atomic E-state index is -0.0957. The number of piperidine rings is 1. The maximum absolute atomic E-state index is 12.2. The Labute approximate surface area is 117 Å². The highest BCUT2D eigenvalue weighted by atomic mass is 35.5. The van der Waals surface area contributed by atoms with Crippen molar-refractivity contribution in [3.8, 4) is 0 Å². The van der Waals surface area contributed by atoms with Crippen LogP contribution in [0.4, 0.5) is 0 Å². The molecule has 1 amide bonds. The van der Waals surface area contributed by atoms with E-state index in [2.05, 4.69) is 24.5 Å². The number of rotatable bonds is 3. The fraction of sp³-hybridized carbons (Fsp3) is 0.615. The van der Waals surface area contributed by atoms with Crippen molar-refractivity contribution in [1.82, 2.24) is 10.6 Å². The van der Waals surface area contributed by atoms with Crippen molar-refractivity contribution in [2.45, 2.75) is 39.3 Å². The molecule has 0 spiro atoms. The molecule has 100 valence electrons. The number of halogens is 1. The van der Waals surface area contributed by atoms with Crippen LogP contribution < -0.4 is 10.6 Å². The third-order valence-corrected chi connectivity index (χ3v) is 4.69. The number of thiophene rings is 1. The number of carbonyl (C=O) groups excluding carboxylic acids is 1. The molecular formula is C13H19ClN2OS. The van der Waals surface area contributed by atoms with Gasteiger partial charge in [0.2, 0.25) is 5.91 Å². The molecule has 1 unspecified atom stereocenters. The van der Waals surface area contributed by atoms with Gasteiger partial charge in [0, 0.05) is 4.88 Å². The van der Waals surface area contributed by atoms with Crippen molar-refractivity contribution in [3.63, 3.8) is 0 Å². The zero-order valence-electron chi connectivity index (χ0n) is 10.8. The summed E-state index contributed by atoms with van der Waals surface area (Å²) in [5, 5.41) is 6.30. The summed E-state index contributed by atoms with van der Waals surface area (Å²) in [5.41, 5.74) is 0.0232. The molecule has 1 saturated heterocycles. The van der Waals surface area contributed by atoms with Crippen LogP contribution in [0.25, 0.3) is 0 Å². The summed E-state index contributed by atoms with van der Waals surface area (Å²) in [4.78, 5) is 13.3. The molecule has 1 aliphatic heterocycles. The van der Waals surface area contributed by atoms with Gasteiger partial charge in [0.05, 0.1) is 16.9 Å². The zero-order chi connectivity index (χ0) is 13.2. The van der Waals surface area contributed by atoms with Gasteiger partial charge in [0.1, 0.15) is 0 Å². The smallest absolute Gasteiger partial charge is 0.237 e. The molecule has 0 radical (unpaired) electrons. The van der Waals surface area contributed by atoms with Crippen LogP contribution in [0.15, 0.2) is 12.1 Å². The topological polar surface area (TPSA) is 41.1 Å². The second-order valence-electron chi connectivity index (χ2n) is 5.40. The van der Waals surface area contributed by atoms with E-state index in [4.69, 9.17) is 11.6 Å². The maximum Gasteiger partial charge on any atom is 0.237 e. The van der Waals surface area contributed by atoms with Crippen LogP contribution in [0.3, 0.4) is 0 Å². The number of amides is 1.